The molecule has 2 rings (SSSR count). The van der Waals surface area contributed by atoms with Gasteiger partial charge in [-0.25, -0.2) is 0 Å². The molecular weight excluding hydrogens is 372 g/mol. The quantitative estimate of drug-likeness (QED) is 0.709. The van der Waals surface area contributed by atoms with E-state index in [9.17, 15) is 9.59 Å². The first-order valence-corrected chi connectivity index (χ1v) is 10.1. The smallest absolute Gasteiger partial charge is 0.259 e. The van der Waals surface area contributed by atoms with E-state index < -0.39 is 0 Å². The Bertz CT molecular complexity index is 794. The second kappa shape index (κ2) is 9.64. The van der Waals surface area contributed by atoms with Crippen molar-refractivity contribution < 1.29 is 14.3 Å². The first-order valence-electron chi connectivity index (χ1n) is 9.11. The predicted octanol–water partition coefficient (Wildman–Crippen LogP) is 4.18. The Balaban J connectivity index is 1.80. The first-order chi connectivity index (χ1) is 13.1. The van der Waals surface area contributed by atoms with Gasteiger partial charge in [0, 0.05) is 24.7 Å². The minimum Gasteiger partial charge on any atom is -0.484 e. The van der Waals surface area contributed by atoms with Gasteiger partial charge in [-0.3, -0.25) is 9.59 Å². The van der Waals surface area contributed by atoms with Crippen LogP contribution in [0.3, 0.4) is 0 Å². The van der Waals surface area contributed by atoms with Gasteiger partial charge < -0.3 is 15.0 Å². The van der Waals surface area contributed by atoms with Gasteiger partial charge in [0.05, 0.1) is 5.75 Å². The van der Waals surface area contributed by atoms with E-state index in [2.05, 4.69) is 50.4 Å². The largest absolute Gasteiger partial charge is 0.484 e. The number of thioether (sulfide) groups is 1. The number of ether oxygens (including phenoxy) is 1. The van der Waals surface area contributed by atoms with Crippen LogP contribution in [-0.2, 0) is 15.0 Å². The molecule has 0 heterocycles. The molecule has 150 valence electrons. The summed E-state index contributed by atoms with van der Waals surface area (Å²) in [7, 11) is 3.36. The highest BCUT2D eigenvalue weighted by Crippen LogP contribution is 2.25. The number of carbonyl (C=O) groups is 2. The number of hydrogen-bond acceptors (Lipinski definition) is 4. The molecule has 28 heavy (non-hydrogen) atoms. The zero-order valence-electron chi connectivity index (χ0n) is 17.1. The predicted molar refractivity (Wildman–Crippen MR) is 115 cm³/mol. The maximum absolute atomic E-state index is 12.2. The van der Waals surface area contributed by atoms with Crippen LogP contribution in [0.15, 0.2) is 53.4 Å². The van der Waals surface area contributed by atoms with Gasteiger partial charge >= 0.3 is 0 Å². The molecule has 5 nitrogen and oxygen atoms in total. The van der Waals surface area contributed by atoms with Crippen molar-refractivity contribution in [3.63, 3.8) is 0 Å². The fourth-order valence-corrected chi connectivity index (χ4v) is 3.00. The van der Waals surface area contributed by atoms with Crippen LogP contribution in [0, 0.1) is 0 Å². The maximum Gasteiger partial charge on any atom is 0.259 e. The number of amides is 2. The van der Waals surface area contributed by atoms with E-state index in [1.165, 1.54) is 22.2 Å². The summed E-state index contributed by atoms with van der Waals surface area (Å²) in [5, 5.41) is 2.87. The molecule has 0 atom stereocenters. The normalized spacial score (nSPS) is 11.0. The Kier molecular flexibility index (Phi) is 7.52. The molecule has 0 fully saturated rings. The summed E-state index contributed by atoms with van der Waals surface area (Å²) in [6.45, 7) is 6.53. The van der Waals surface area contributed by atoms with Crippen LogP contribution in [0.1, 0.15) is 26.3 Å². The molecule has 2 amide bonds. The highest BCUT2D eigenvalue weighted by molar-refractivity contribution is 8.00. The van der Waals surface area contributed by atoms with Crippen molar-refractivity contribution in [3.05, 3.63) is 54.1 Å². The summed E-state index contributed by atoms with van der Waals surface area (Å²) in [6.07, 6.45) is 0. The number of nitrogens with one attached hydrogen (secondary N) is 1. The van der Waals surface area contributed by atoms with Gasteiger partial charge in [-0.1, -0.05) is 32.9 Å². The van der Waals surface area contributed by atoms with Gasteiger partial charge in [-0.15, -0.1) is 11.8 Å². The Morgan fingerprint density at radius 1 is 1.00 bits per heavy atom. The monoisotopic (exact) mass is 400 g/mol. The van der Waals surface area contributed by atoms with Crippen molar-refractivity contribution in [2.45, 2.75) is 31.1 Å². The van der Waals surface area contributed by atoms with Gasteiger partial charge in [-0.05, 0) is 47.4 Å². The van der Waals surface area contributed by atoms with E-state index >= 15 is 0 Å². The zero-order valence-corrected chi connectivity index (χ0v) is 17.9. The van der Waals surface area contributed by atoms with E-state index in [1.807, 2.05) is 0 Å². The highest BCUT2D eigenvalue weighted by atomic mass is 32.2. The van der Waals surface area contributed by atoms with Crippen LogP contribution in [0.2, 0.25) is 0 Å². The average molecular weight is 401 g/mol. The third-order valence-electron chi connectivity index (χ3n) is 4.09. The van der Waals surface area contributed by atoms with Crippen molar-refractivity contribution in [1.29, 1.82) is 0 Å². The Labute approximate surface area is 171 Å². The van der Waals surface area contributed by atoms with Gasteiger partial charge in [0.1, 0.15) is 5.75 Å². The molecule has 0 saturated carbocycles. The van der Waals surface area contributed by atoms with Gasteiger partial charge in [0.15, 0.2) is 6.61 Å². The van der Waals surface area contributed by atoms with Gasteiger partial charge in [0.25, 0.3) is 5.91 Å². The Hall–Kier alpha value is -2.47. The van der Waals surface area contributed by atoms with E-state index in [4.69, 9.17) is 4.74 Å². The molecule has 6 heteroatoms. The molecular formula is C22H28N2O3S. The lowest BCUT2D eigenvalue weighted by Gasteiger charge is -2.19. The van der Waals surface area contributed by atoms with E-state index in [0.29, 0.717) is 17.2 Å². The third kappa shape index (κ3) is 6.93. The lowest BCUT2D eigenvalue weighted by Crippen LogP contribution is -2.27. The molecule has 0 aliphatic heterocycles. The van der Waals surface area contributed by atoms with E-state index in [0.717, 1.165) is 4.90 Å². The summed E-state index contributed by atoms with van der Waals surface area (Å²) >= 11 is 1.51. The second-order valence-electron chi connectivity index (χ2n) is 7.71. The summed E-state index contributed by atoms with van der Waals surface area (Å²) in [5.41, 5.74) is 2.09. The molecule has 0 radical (unpaired) electrons. The molecule has 1 N–H and O–H groups in total. The van der Waals surface area contributed by atoms with Crippen molar-refractivity contribution in [2.24, 2.45) is 0 Å². The van der Waals surface area contributed by atoms with Crippen LogP contribution in [0.4, 0.5) is 5.69 Å². The molecule has 2 aromatic rings. The van der Waals surface area contributed by atoms with Crippen LogP contribution >= 0.6 is 11.8 Å². The highest BCUT2D eigenvalue weighted by Gasteiger charge is 2.13. The molecule has 0 aromatic heterocycles. The standard InChI is InChI=1S/C22H28N2O3S/c1-22(2,3)16-6-12-19(13-7-16)28-15-20(25)23-17-8-10-18(11-9-17)27-14-21(26)24(4)5/h6-13H,14-15H2,1-5H3,(H,23,25). The second-order valence-corrected chi connectivity index (χ2v) is 8.76. The van der Waals surface area contributed by atoms with Gasteiger partial charge in [0.2, 0.25) is 5.91 Å². The van der Waals surface area contributed by atoms with Crippen molar-refractivity contribution in [1.82, 2.24) is 4.90 Å². The molecule has 2 aromatic carbocycles. The fraction of sp³-hybridized carbons (Fsp3) is 0.364. The molecule has 0 unspecified atom stereocenters. The number of anilines is 1. The summed E-state index contributed by atoms with van der Waals surface area (Å²) in [5.74, 6) is 0.748. The number of benzene rings is 2. The average Bonchev–Trinajstić information content (AvgIpc) is 2.65. The van der Waals surface area contributed by atoms with Crippen LogP contribution < -0.4 is 10.1 Å². The lowest BCUT2D eigenvalue weighted by molar-refractivity contribution is -0.130. The fourth-order valence-electron chi connectivity index (χ4n) is 2.31. The lowest BCUT2D eigenvalue weighted by atomic mass is 9.87. The van der Waals surface area contributed by atoms with Crippen LogP contribution in [-0.4, -0.2) is 43.2 Å². The van der Waals surface area contributed by atoms with Crippen LogP contribution in [0.5, 0.6) is 5.75 Å². The number of carbonyl (C=O) groups excluding carboxylic acids is 2. The van der Waals surface area contributed by atoms with Crippen molar-refractivity contribution in [3.8, 4) is 5.75 Å². The summed E-state index contributed by atoms with van der Waals surface area (Å²) in [4.78, 5) is 26.2. The van der Waals surface area contributed by atoms with Crippen molar-refractivity contribution >= 4 is 29.3 Å². The summed E-state index contributed by atoms with van der Waals surface area (Å²) in [6, 6.07) is 15.3. The van der Waals surface area contributed by atoms with Gasteiger partial charge in [-0.2, -0.15) is 0 Å². The topological polar surface area (TPSA) is 58.6 Å². The minimum absolute atomic E-state index is 0.0106. The van der Waals surface area contributed by atoms with E-state index in [-0.39, 0.29) is 23.8 Å². The molecule has 0 spiro atoms. The van der Waals surface area contributed by atoms with Crippen LogP contribution in [0.25, 0.3) is 0 Å². The first kappa shape index (κ1) is 21.8. The SMILES string of the molecule is CN(C)C(=O)COc1ccc(NC(=O)CSc2ccc(C(C)(C)C)cc2)cc1. The molecule has 0 saturated heterocycles. The number of hydrogen-bond donors (Lipinski definition) is 1. The maximum atomic E-state index is 12.2. The molecule has 0 bridgehead atoms. The Morgan fingerprint density at radius 3 is 2.14 bits per heavy atom. The number of nitrogens with zero attached hydrogens (tertiary/aromatic N) is 1. The number of likely N-dealkylation sites (N-methyl/N-ethyl adjacent to an activating group) is 1. The zero-order chi connectivity index (χ0) is 20.7. The minimum atomic E-state index is -0.107. The van der Waals surface area contributed by atoms with E-state index in [1.54, 1.807) is 38.4 Å². The Morgan fingerprint density at radius 2 is 1.61 bits per heavy atom. The summed E-state index contributed by atoms with van der Waals surface area (Å²) < 4.78 is 5.42. The number of rotatable bonds is 7. The third-order valence-corrected chi connectivity index (χ3v) is 5.10. The molecule has 0 aliphatic rings. The molecule has 0 aliphatic carbocycles. The van der Waals surface area contributed by atoms with Crippen molar-refractivity contribution in [2.75, 3.05) is 31.8 Å².